The average molecular weight is 303 g/mol. The minimum atomic E-state index is -0.560. The molecule has 2 aromatic heterocycles. The van der Waals surface area contributed by atoms with Gasteiger partial charge in [-0.3, -0.25) is 0 Å². The van der Waals surface area contributed by atoms with Gasteiger partial charge in [-0.25, -0.2) is 9.97 Å². The highest BCUT2D eigenvalue weighted by Gasteiger charge is 2.48. The third kappa shape index (κ3) is 2.01. The van der Waals surface area contributed by atoms with Crippen molar-refractivity contribution in [1.82, 2.24) is 14.5 Å². The summed E-state index contributed by atoms with van der Waals surface area (Å²) in [6, 6.07) is 3.74. The number of rotatable bonds is 3. The molecule has 2 aromatic rings. The van der Waals surface area contributed by atoms with Gasteiger partial charge in [-0.1, -0.05) is 0 Å². The maximum absolute atomic E-state index is 9.88. The number of hydrogen-bond donors (Lipinski definition) is 1. The molecule has 4 atom stereocenters. The van der Waals surface area contributed by atoms with E-state index in [1.54, 1.807) is 19.5 Å². The minimum absolute atomic E-state index is 0.0236. The van der Waals surface area contributed by atoms with Gasteiger partial charge in [0.15, 0.2) is 0 Å². The van der Waals surface area contributed by atoms with Crippen LogP contribution in [0.2, 0.25) is 0 Å². The fourth-order valence-corrected chi connectivity index (χ4v) is 3.21. The van der Waals surface area contributed by atoms with Crippen LogP contribution in [0.25, 0.3) is 11.4 Å². The monoisotopic (exact) mass is 303 g/mol. The predicted molar refractivity (Wildman–Crippen MR) is 76.5 cm³/mol. The maximum Gasteiger partial charge on any atom is 0.224 e. The van der Waals surface area contributed by atoms with E-state index >= 15 is 0 Å². The van der Waals surface area contributed by atoms with Crippen molar-refractivity contribution in [1.29, 1.82) is 0 Å². The molecule has 0 saturated carbocycles. The smallest absolute Gasteiger partial charge is 0.224 e. The molecular weight excluding hydrogens is 286 g/mol. The summed E-state index contributed by atoms with van der Waals surface area (Å²) >= 11 is 0. The van der Waals surface area contributed by atoms with Gasteiger partial charge in [-0.2, -0.15) is 0 Å². The molecule has 0 unspecified atom stereocenters. The molecule has 4 rings (SSSR count). The highest BCUT2D eigenvalue weighted by Crippen LogP contribution is 2.37. The summed E-state index contributed by atoms with van der Waals surface area (Å²) in [7, 11) is 1.59. The van der Waals surface area contributed by atoms with Crippen LogP contribution < -0.4 is 4.74 Å². The van der Waals surface area contributed by atoms with Crippen molar-refractivity contribution in [3.8, 4) is 17.3 Å². The zero-order chi connectivity index (χ0) is 15.1. The zero-order valence-corrected chi connectivity index (χ0v) is 12.1. The van der Waals surface area contributed by atoms with Crippen LogP contribution in [0.15, 0.2) is 30.7 Å². The van der Waals surface area contributed by atoms with Crippen LogP contribution in [0.5, 0.6) is 5.88 Å². The van der Waals surface area contributed by atoms with Crippen molar-refractivity contribution < 1.29 is 19.3 Å². The van der Waals surface area contributed by atoms with Crippen LogP contribution in [0.4, 0.5) is 0 Å². The topological polar surface area (TPSA) is 78.6 Å². The minimum Gasteiger partial charge on any atom is -0.480 e. The second-order valence-electron chi connectivity index (χ2n) is 5.45. The third-order valence-corrected chi connectivity index (χ3v) is 4.23. The second kappa shape index (κ2) is 5.35. The van der Waals surface area contributed by atoms with E-state index in [9.17, 15) is 5.11 Å². The first kappa shape index (κ1) is 13.7. The number of fused-ring (bicyclic) bond motifs is 1. The Balaban J connectivity index is 1.72. The van der Waals surface area contributed by atoms with Crippen LogP contribution in [-0.4, -0.2) is 58.3 Å². The Morgan fingerprint density at radius 2 is 2.09 bits per heavy atom. The number of hydrogen-bond acceptors (Lipinski definition) is 6. The van der Waals surface area contributed by atoms with Crippen LogP contribution in [0.3, 0.4) is 0 Å². The van der Waals surface area contributed by atoms with E-state index in [1.807, 2.05) is 22.9 Å². The molecule has 1 N–H and O–H groups in total. The highest BCUT2D eigenvalue weighted by molar-refractivity contribution is 5.62. The van der Waals surface area contributed by atoms with Gasteiger partial charge in [0.1, 0.15) is 24.1 Å². The summed E-state index contributed by atoms with van der Waals surface area (Å²) < 4.78 is 18.7. The number of pyridine rings is 1. The van der Waals surface area contributed by atoms with Crippen molar-refractivity contribution in [3.63, 3.8) is 0 Å². The van der Waals surface area contributed by atoms with Gasteiger partial charge in [0, 0.05) is 18.6 Å². The number of aromatic nitrogens is 3. The molecule has 0 bridgehead atoms. The van der Waals surface area contributed by atoms with E-state index in [2.05, 4.69) is 9.97 Å². The van der Waals surface area contributed by atoms with E-state index < -0.39 is 6.10 Å². The number of aliphatic hydroxyl groups is 1. The molecule has 0 aliphatic carbocycles. The van der Waals surface area contributed by atoms with Gasteiger partial charge in [0.05, 0.1) is 31.9 Å². The molecule has 2 fully saturated rings. The molecule has 22 heavy (non-hydrogen) atoms. The average Bonchev–Trinajstić information content (AvgIpc) is 3.25. The van der Waals surface area contributed by atoms with Gasteiger partial charge in [-0.05, 0) is 12.1 Å². The number of nitrogens with zero attached hydrogens (tertiary/aromatic N) is 3. The van der Waals surface area contributed by atoms with Gasteiger partial charge < -0.3 is 23.9 Å². The van der Waals surface area contributed by atoms with Gasteiger partial charge in [-0.15, -0.1) is 0 Å². The van der Waals surface area contributed by atoms with Crippen LogP contribution in [-0.2, 0) is 9.47 Å². The van der Waals surface area contributed by atoms with E-state index in [0.717, 1.165) is 11.4 Å². The summed E-state index contributed by atoms with van der Waals surface area (Å²) in [5, 5.41) is 9.88. The number of aliphatic hydroxyl groups excluding tert-OH is 1. The van der Waals surface area contributed by atoms with Gasteiger partial charge >= 0.3 is 0 Å². The lowest BCUT2D eigenvalue weighted by molar-refractivity contribution is 0.0172. The Labute approximate surface area is 127 Å². The van der Waals surface area contributed by atoms with E-state index in [4.69, 9.17) is 14.2 Å². The Hall–Kier alpha value is -1.96. The molecule has 2 aliphatic rings. The maximum atomic E-state index is 9.88. The quantitative estimate of drug-likeness (QED) is 0.897. The fourth-order valence-electron chi connectivity index (χ4n) is 3.21. The van der Waals surface area contributed by atoms with Crippen LogP contribution in [0.1, 0.15) is 6.04 Å². The molecule has 116 valence electrons. The predicted octanol–water partition coefficient (Wildman–Crippen LogP) is 0.653. The Bertz CT molecular complexity index is 674. The van der Waals surface area contributed by atoms with E-state index in [-0.39, 0.29) is 18.2 Å². The number of methoxy groups -OCH3 is 1. The van der Waals surface area contributed by atoms with Crippen molar-refractivity contribution in [2.24, 2.45) is 0 Å². The molecule has 0 spiro atoms. The Morgan fingerprint density at radius 1 is 1.23 bits per heavy atom. The van der Waals surface area contributed by atoms with E-state index in [1.165, 1.54) is 0 Å². The van der Waals surface area contributed by atoms with Crippen molar-refractivity contribution in [2.45, 2.75) is 24.4 Å². The molecule has 7 heteroatoms. The summed E-state index contributed by atoms with van der Waals surface area (Å²) in [5.41, 5.74) is 0.817. The third-order valence-electron chi connectivity index (χ3n) is 4.23. The molecule has 0 aromatic carbocycles. The zero-order valence-electron chi connectivity index (χ0n) is 12.1. The standard InChI is InChI=1S/C15H17N3O4/c1-20-15-9(3-2-4-17-15)14-16-5-6-18(14)10-7-21-13-11(19)8-22-12(10)13/h2-6,10-13,19H,7-8H2,1H3/t10-,11+,12+,13+/m0/s1. The lowest BCUT2D eigenvalue weighted by Crippen LogP contribution is -2.30. The normalized spacial score (nSPS) is 30.5. The lowest BCUT2D eigenvalue weighted by Gasteiger charge is -2.20. The van der Waals surface area contributed by atoms with E-state index in [0.29, 0.717) is 19.1 Å². The van der Waals surface area contributed by atoms with Crippen molar-refractivity contribution in [2.75, 3.05) is 20.3 Å². The molecule has 0 radical (unpaired) electrons. The second-order valence-corrected chi connectivity index (χ2v) is 5.45. The summed E-state index contributed by atoms with van der Waals surface area (Å²) in [6.45, 7) is 0.796. The molecule has 2 aliphatic heterocycles. The molecular formula is C15H17N3O4. The number of ether oxygens (including phenoxy) is 3. The SMILES string of the molecule is COc1ncccc1-c1nccn1[C@H]1CO[C@H]2[C@@H]1OC[C@H]2O. The van der Waals surface area contributed by atoms with Gasteiger partial charge in [0.25, 0.3) is 0 Å². The van der Waals surface area contributed by atoms with Crippen LogP contribution >= 0.6 is 0 Å². The largest absolute Gasteiger partial charge is 0.480 e. The van der Waals surface area contributed by atoms with Crippen molar-refractivity contribution in [3.05, 3.63) is 30.7 Å². The molecule has 7 nitrogen and oxygen atoms in total. The Morgan fingerprint density at radius 3 is 2.95 bits per heavy atom. The summed E-state index contributed by atoms with van der Waals surface area (Å²) in [6.07, 6.45) is 4.32. The summed E-state index contributed by atoms with van der Waals surface area (Å²) in [4.78, 5) is 8.66. The van der Waals surface area contributed by atoms with Gasteiger partial charge in [0.2, 0.25) is 5.88 Å². The molecule has 4 heterocycles. The molecule has 0 amide bonds. The first-order valence-electron chi connectivity index (χ1n) is 7.23. The van der Waals surface area contributed by atoms with Crippen LogP contribution in [0, 0.1) is 0 Å². The first-order chi connectivity index (χ1) is 10.8. The Kier molecular flexibility index (Phi) is 3.33. The highest BCUT2D eigenvalue weighted by atomic mass is 16.6. The fraction of sp³-hybridized carbons (Fsp3) is 0.467. The molecule has 2 saturated heterocycles. The first-order valence-corrected chi connectivity index (χ1v) is 7.23. The number of imidazole rings is 1. The van der Waals surface area contributed by atoms with Crippen molar-refractivity contribution >= 4 is 0 Å². The summed E-state index contributed by atoms with van der Waals surface area (Å²) in [5.74, 6) is 1.28. The lowest BCUT2D eigenvalue weighted by atomic mass is 10.1.